The number of anilines is 1. The van der Waals surface area contributed by atoms with Crippen LogP contribution in [0, 0.1) is 19.8 Å². The summed E-state index contributed by atoms with van der Waals surface area (Å²) in [6.45, 7) is 7.30. The summed E-state index contributed by atoms with van der Waals surface area (Å²) >= 11 is 0. The third-order valence-electron chi connectivity index (χ3n) is 6.74. The second-order valence-corrected chi connectivity index (χ2v) is 8.48. The Labute approximate surface area is 166 Å². The molecule has 6 heteroatoms. The second kappa shape index (κ2) is 7.22. The van der Waals surface area contributed by atoms with Crippen LogP contribution in [0.2, 0.25) is 0 Å². The molecule has 1 N–H and O–H groups in total. The molecule has 1 aromatic rings. The van der Waals surface area contributed by atoms with Gasteiger partial charge in [-0.05, 0) is 56.2 Å². The first-order valence-electron chi connectivity index (χ1n) is 10.3. The summed E-state index contributed by atoms with van der Waals surface area (Å²) in [5.41, 5.74) is 3.06. The van der Waals surface area contributed by atoms with Gasteiger partial charge in [-0.15, -0.1) is 0 Å². The zero-order valence-electron chi connectivity index (χ0n) is 16.8. The zero-order valence-corrected chi connectivity index (χ0v) is 16.8. The Morgan fingerprint density at radius 3 is 2.46 bits per heavy atom. The highest BCUT2D eigenvalue weighted by Gasteiger charge is 2.55. The minimum absolute atomic E-state index is 0.0208. The van der Waals surface area contributed by atoms with Crippen molar-refractivity contribution in [3.63, 3.8) is 0 Å². The minimum Gasteiger partial charge on any atom is -0.368 e. The molecule has 1 atom stereocenters. The Morgan fingerprint density at radius 1 is 1.14 bits per heavy atom. The number of aryl methyl sites for hydroxylation is 1. The molecule has 0 bridgehead atoms. The lowest BCUT2D eigenvalue weighted by atomic mass is 9.85. The maximum Gasteiger partial charge on any atom is 0.228 e. The standard InChI is InChI=1S/C22H29N3O3/c1-15-4-3-5-18(16(15)2)24-10-12-25(13-11-24)21(28)8-9-22(17-6-7-17)19(26)14-20(27)23-22/h3-5,17H,6-14H2,1-2H3,(H,23,27). The third kappa shape index (κ3) is 3.40. The van der Waals surface area contributed by atoms with Gasteiger partial charge in [0.25, 0.3) is 0 Å². The summed E-state index contributed by atoms with van der Waals surface area (Å²) in [7, 11) is 0. The van der Waals surface area contributed by atoms with Crippen LogP contribution < -0.4 is 10.2 Å². The summed E-state index contributed by atoms with van der Waals surface area (Å²) in [4.78, 5) is 41.2. The van der Waals surface area contributed by atoms with Gasteiger partial charge in [-0.2, -0.15) is 0 Å². The molecule has 0 aromatic heterocycles. The van der Waals surface area contributed by atoms with Gasteiger partial charge in [-0.3, -0.25) is 14.4 Å². The monoisotopic (exact) mass is 383 g/mol. The number of nitrogens with zero attached hydrogens (tertiary/aromatic N) is 2. The SMILES string of the molecule is Cc1cccc(N2CCN(C(=O)CCC3(C4CC4)NC(=O)CC3=O)CC2)c1C. The zero-order chi connectivity index (χ0) is 19.9. The quantitative estimate of drug-likeness (QED) is 0.790. The van der Waals surface area contributed by atoms with Crippen molar-refractivity contribution in [2.24, 2.45) is 5.92 Å². The van der Waals surface area contributed by atoms with Crippen molar-refractivity contribution < 1.29 is 14.4 Å². The lowest BCUT2D eigenvalue weighted by Crippen LogP contribution is -2.51. The number of carbonyl (C=O) groups is 3. The summed E-state index contributed by atoms with van der Waals surface area (Å²) in [5, 5.41) is 2.91. The average molecular weight is 383 g/mol. The Balaban J connectivity index is 1.34. The van der Waals surface area contributed by atoms with E-state index in [9.17, 15) is 14.4 Å². The molecule has 2 heterocycles. The van der Waals surface area contributed by atoms with Crippen molar-refractivity contribution >= 4 is 23.3 Å². The van der Waals surface area contributed by atoms with Crippen molar-refractivity contribution in [2.45, 2.75) is 51.5 Å². The third-order valence-corrected chi connectivity index (χ3v) is 6.74. The van der Waals surface area contributed by atoms with Crippen LogP contribution in [0.3, 0.4) is 0 Å². The number of carbonyl (C=O) groups excluding carboxylic acids is 3. The second-order valence-electron chi connectivity index (χ2n) is 8.48. The molecular weight excluding hydrogens is 354 g/mol. The van der Waals surface area contributed by atoms with Crippen LogP contribution in [0.4, 0.5) is 5.69 Å². The lowest BCUT2D eigenvalue weighted by Gasteiger charge is -2.37. The van der Waals surface area contributed by atoms with E-state index in [0.29, 0.717) is 25.9 Å². The fourth-order valence-electron chi connectivity index (χ4n) is 4.72. The molecule has 0 radical (unpaired) electrons. The van der Waals surface area contributed by atoms with Gasteiger partial charge in [0.1, 0.15) is 5.54 Å². The molecule has 28 heavy (non-hydrogen) atoms. The highest BCUT2D eigenvalue weighted by atomic mass is 16.2. The van der Waals surface area contributed by atoms with Gasteiger partial charge in [-0.25, -0.2) is 0 Å². The van der Waals surface area contributed by atoms with Crippen molar-refractivity contribution in [1.29, 1.82) is 0 Å². The number of amides is 2. The Bertz CT molecular complexity index is 809. The highest BCUT2D eigenvalue weighted by molar-refractivity contribution is 6.10. The molecule has 6 nitrogen and oxygen atoms in total. The van der Waals surface area contributed by atoms with Gasteiger partial charge >= 0.3 is 0 Å². The smallest absolute Gasteiger partial charge is 0.228 e. The fourth-order valence-corrected chi connectivity index (χ4v) is 4.72. The molecule has 3 aliphatic rings. The summed E-state index contributed by atoms with van der Waals surface area (Å²) in [6.07, 6.45) is 2.67. The summed E-state index contributed by atoms with van der Waals surface area (Å²) in [6, 6.07) is 6.35. The minimum atomic E-state index is -0.771. The van der Waals surface area contributed by atoms with Gasteiger partial charge in [-0.1, -0.05) is 12.1 Å². The fraction of sp³-hybridized carbons (Fsp3) is 0.591. The van der Waals surface area contributed by atoms with Gasteiger partial charge in [0.05, 0.1) is 6.42 Å². The van der Waals surface area contributed by atoms with Crippen LogP contribution in [0.1, 0.15) is 43.2 Å². The first-order chi connectivity index (χ1) is 13.4. The van der Waals surface area contributed by atoms with Crippen LogP contribution in [-0.2, 0) is 14.4 Å². The van der Waals surface area contributed by atoms with E-state index in [1.54, 1.807) is 0 Å². The molecular formula is C22H29N3O3. The first kappa shape index (κ1) is 19.0. The lowest BCUT2D eigenvalue weighted by molar-refractivity contribution is -0.132. The Hall–Kier alpha value is -2.37. The van der Waals surface area contributed by atoms with Crippen LogP contribution in [0.5, 0.6) is 0 Å². The van der Waals surface area contributed by atoms with E-state index in [1.165, 1.54) is 16.8 Å². The Kier molecular flexibility index (Phi) is 4.89. The van der Waals surface area contributed by atoms with E-state index in [0.717, 1.165) is 25.9 Å². The highest BCUT2D eigenvalue weighted by Crippen LogP contribution is 2.45. The van der Waals surface area contributed by atoms with E-state index >= 15 is 0 Å². The summed E-state index contributed by atoms with van der Waals surface area (Å²) in [5.74, 6) is 0.106. The predicted octanol–water partition coefficient (Wildman–Crippen LogP) is 1.97. The number of benzene rings is 1. The number of piperazine rings is 1. The molecule has 1 saturated carbocycles. The number of hydrogen-bond donors (Lipinski definition) is 1. The molecule has 0 spiro atoms. The number of Topliss-reactive ketones (excluding diaryl/α,β-unsaturated/α-hetero) is 1. The number of ketones is 1. The van der Waals surface area contributed by atoms with E-state index < -0.39 is 5.54 Å². The molecule has 3 fully saturated rings. The van der Waals surface area contributed by atoms with Crippen LogP contribution in [0.25, 0.3) is 0 Å². The Morgan fingerprint density at radius 2 is 1.86 bits per heavy atom. The molecule has 2 amide bonds. The van der Waals surface area contributed by atoms with Crippen molar-refractivity contribution in [3.8, 4) is 0 Å². The molecule has 1 aromatic carbocycles. The van der Waals surface area contributed by atoms with Crippen molar-refractivity contribution in [1.82, 2.24) is 10.2 Å². The van der Waals surface area contributed by atoms with Crippen molar-refractivity contribution in [3.05, 3.63) is 29.3 Å². The van der Waals surface area contributed by atoms with Crippen LogP contribution >= 0.6 is 0 Å². The van der Waals surface area contributed by atoms with Gasteiger partial charge < -0.3 is 15.1 Å². The molecule has 1 aliphatic carbocycles. The summed E-state index contributed by atoms with van der Waals surface area (Å²) < 4.78 is 0. The van der Waals surface area contributed by atoms with Gasteiger partial charge in [0.2, 0.25) is 11.8 Å². The number of nitrogens with one attached hydrogen (secondary N) is 1. The topological polar surface area (TPSA) is 69.7 Å². The average Bonchev–Trinajstić information content (AvgIpc) is 3.48. The normalized spacial score (nSPS) is 25.2. The van der Waals surface area contributed by atoms with Crippen molar-refractivity contribution in [2.75, 3.05) is 31.1 Å². The largest absolute Gasteiger partial charge is 0.368 e. The maximum atomic E-state index is 12.8. The van der Waals surface area contributed by atoms with E-state index in [2.05, 4.69) is 42.3 Å². The molecule has 1 unspecified atom stereocenters. The van der Waals surface area contributed by atoms with E-state index in [4.69, 9.17) is 0 Å². The molecule has 2 aliphatic heterocycles. The van der Waals surface area contributed by atoms with E-state index in [1.807, 2.05) is 4.90 Å². The number of hydrogen-bond acceptors (Lipinski definition) is 4. The maximum absolute atomic E-state index is 12.8. The molecule has 150 valence electrons. The number of rotatable bonds is 5. The van der Waals surface area contributed by atoms with Gasteiger partial charge in [0, 0.05) is 38.3 Å². The van der Waals surface area contributed by atoms with Gasteiger partial charge in [0.15, 0.2) is 5.78 Å². The molecule has 2 saturated heterocycles. The van der Waals surface area contributed by atoms with Crippen LogP contribution in [-0.4, -0.2) is 54.2 Å². The predicted molar refractivity (Wildman–Crippen MR) is 107 cm³/mol. The molecule has 4 rings (SSSR count). The first-order valence-corrected chi connectivity index (χ1v) is 10.3. The van der Waals surface area contributed by atoms with E-state index in [-0.39, 0.29) is 29.9 Å². The van der Waals surface area contributed by atoms with Crippen LogP contribution in [0.15, 0.2) is 18.2 Å².